The summed E-state index contributed by atoms with van der Waals surface area (Å²) in [5.74, 6) is 0.112. The lowest BCUT2D eigenvalue weighted by atomic mass is 10.1. The second-order valence-corrected chi connectivity index (χ2v) is 3.38. The average Bonchev–Trinajstić information content (AvgIpc) is 2.74. The predicted molar refractivity (Wildman–Crippen MR) is 63.0 cm³/mol. The van der Waals surface area contributed by atoms with Crippen LogP contribution < -0.4 is 10.6 Å². The maximum absolute atomic E-state index is 11.9. The fraction of sp³-hybridized carbons (Fsp3) is 0.182. The van der Waals surface area contributed by atoms with Crippen molar-refractivity contribution in [3.05, 3.63) is 35.7 Å². The Morgan fingerprint density at radius 3 is 2.71 bits per heavy atom. The molecular formula is C11H12N4O2. The minimum absolute atomic E-state index is 0.0957. The third kappa shape index (κ3) is 2.41. The molecule has 0 aliphatic rings. The highest BCUT2D eigenvalue weighted by Gasteiger charge is 2.12. The van der Waals surface area contributed by atoms with Crippen LogP contribution in [0.15, 0.2) is 28.7 Å². The highest BCUT2D eigenvalue weighted by molar-refractivity contribution is 6.07. The molecule has 88 valence electrons. The fourth-order valence-electron chi connectivity index (χ4n) is 1.41. The Labute approximate surface area is 98.0 Å². The van der Waals surface area contributed by atoms with Gasteiger partial charge in [0, 0.05) is 19.7 Å². The molecule has 0 unspecified atom stereocenters. The smallest absolute Gasteiger partial charge is 0.322 e. The van der Waals surface area contributed by atoms with E-state index in [-0.39, 0.29) is 11.9 Å². The van der Waals surface area contributed by atoms with Crippen LogP contribution in [0.5, 0.6) is 0 Å². The lowest BCUT2D eigenvalue weighted by Crippen LogP contribution is -2.14. The number of hydrogen-bond acceptors (Lipinski definition) is 5. The Morgan fingerprint density at radius 2 is 2.06 bits per heavy atom. The lowest BCUT2D eigenvalue weighted by molar-refractivity contribution is 0.102. The van der Waals surface area contributed by atoms with Crippen LogP contribution in [0.3, 0.4) is 0 Å². The van der Waals surface area contributed by atoms with Gasteiger partial charge in [0.2, 0.25) is 5.89 Å². The second kappa shape index (κ2) is 4.65. The highest BCUT2D eigenvalue weighted by atomic mass is 16.4. The quantitative estimate of drug-likeness (QED) is 0.841. The van der Waals surface area contributed by atoms with Crippen molar-refractivity contribution in [3.63, 3.8) is 0 Å². The first-order valence-corrected chi connectivity index (χ1v) is 5.09. The third-order valence-electron chi connectivity index (χ3n) is 2.19. The number of nitrogens with one attached hydrogen (secondary N) is 2. The van der Waals surface area contributed by atoms with Gasteiger partial charge >= 0.3 is 6.01 Å². The number of benzene rings is 1. The summed E-state index contributed by atoms with van der Waals surface area (Å²) in [7, 11) is 1.75. The summed E-state index contributed by atoms with van der Waals surface area (Å²) in [6.45, 7) is 1.66. The monoisotopic (exact) mass is 232 g/mol. The molecule has 17 heavy (non-hydrogen) atoms. The highest BCUT2D eigenvalue weighted by Crippen LogP contribution is 2.16. The number of nitrogens with zero attached hydrogens (tertiary/aromatic N) is 2. The van der Waals surface area contributed by atoms with E-state index in [0.717, 1.165) is 5.69 Å². The van der Waals surface area contributed by atoms with Crippen LogP contribution in [0.2, 0.25) is 0 Å². The maximum atomic E-state index is 11.9. The molecule has 1 aromatic heterocycles. The molecule has 0 spiro atoms. The molecule has 0 saturated heterocycles. The number of hydrogen-bond donors (Lipinski definition) is 2. The molecule has 0 aliphatic carbocycles. The van der Waals surface area contributed by atoms with Gasteiger partial charge in [0.25, 0.3) is 5.91 Å². The molecule has 0 atom stereocenters. The van der Waals surface area contributed by atoms with Gasteiger partial charge in [-0.1, -0.05) is 17.2 Å². The zero-order chi connectivity index (χ0) is 12.3. The first kappa shape index (κ1) is 11.1. The van der Waals surface area contributed by atoms with Gasteiger partial charge in [0.05, 0.1) is 5.56 Å². The zero-order valence-electron chi connectivity index (χ0n) is 9.52. The van der Waals surface area contributed by atoms with E-state index in [0.29, 0.717) is 11.5 Å². The molecule has 2 aromatic rings. The van der Waals surface area contributed by atoms with Gasteiger partial charge < -0.3 is 9.73 Å². The molecule has 2 rings (SSSR count). The summed E-state index contributed by atoms with van der Waals surface area (Å²) in [5, 5.41) is 12.8. The van der Waals surface area contributed by atoms with E-state index in [2.05, 4.69) is 20.8 Å². The van der Waals surface area contributed by atoms with E-state index >= 15 is 0 Å². The lowest BCUT2D eigenvalue weighted by Gasteiger charge is -2.06. The molecular weight excluding hydrogens is 220 g/mol. The van der Waals surface area contributed by atoms with Crippen LogP contribution in [0.1, 0.15) is 16.2 Å². The van der Waals surface area contributed by atoms with Crippen molar-refractivity contribution in [1.29, 1.82) is 0 Å². The molecule has 6 nitrogen and oxygen atoms in total. The molecule has 1 heterocycles. The van der Waals surface area contributed by atoms with Gasteiger partial charge in [-0.25, -0.2) is 0 Å². The summed E-state index contributed by atoms with van der Waals surface area (Å²) in [6, 6.07) is 7.26. The van der Waals surface area contributed by atoms with Crippen LogP contribution in [-0.4, -0.2) is 23.2 Å². The number of para-hydroxylation sites is 1. The van der Waals surface area contributed by atoms with Gasteiger partial charge in [-0.15, -0.1) is 5.10 Å². The second-order valence-electron chi connectivity index (χ2n) is 3.38. The van der Waals surface area contributed by atoms with Crippen molar-refractivity contribution in [2.45, 2.75) is 6.92 Å². The van der Waals surface area contributed by atoms with E-state index < -0.39 is 0 Å². The first-order valence-electron chi connectivity index (χ1n) is 5.09. The molecule has 0 radical (unpaired) electrons. The topological polar surface area (TPSA) is 80.0 Å². The van der Waals surface area contributed by atoms with Crippen LogP contribution in [-0.2, 0) is 0 Å². The van der Waals surface area contributed by atoms with Crippen molar-refractivity contribution in [3.8, 4) is 0 Å². The molecule has 0 bridgehead atoms. The Kier molecular flexibility index (Phi) is 3.04. The molecule has 1 amide bonds. The number of carbonyl (C=O) groups excluding carboxylic acids is 1. The standard InChI is InChI=1S/C11H12N4O2/c1-7-14-15-11(17-7)13-10(16)8-5-3-4-6-9(8)12-2/h3-6,12H,1-2H3,(H,13,15,16). The minimum Gasteiger partial charge on any atom is -0.408 e. The summed E-state index contributed by atoms with van der Waals surface area (Å²) < 4.78 is 5.07. The van der Waals surface area contributed by atoms with Crippen LogP contribution in [0.4, 0.5) is 11.7 Å². The van der Waals surface area contributed by atoms with Gasteiger partial charge in [0.15, 0.2) is 0 Å². The Balaban J connectivity index is 2.20. The Morgan fingerprint density at radius 1 is 1.29 bits per heavy atom. The van der Waals surface area contributed by atoms with E-state index in [9.17, 15) is 4.79 Å². The number of aryl methyl sites for hydroxylation is 1. The third-order valence-corrected chi connectivity index (χ3v) is 2.19. The molecule has 0 saturated carbocycles. The number of aromatic nitrogens is 2. The minimum atomic E-state index is -0.293. The largest absolute Gasteiger partial charge is 0.408 e. The van der Waals surface area contributed by atoms with Crippen LogP contribution >= 0.6 is 0 Å². The normalized spacial score (nSPS) is 10.0. The fourth-order valence-corrected chi connectivity index (χ4v) is 1.41. The van der Waals surface area contributed by atoms with Crippen molar-refractivity contribution >= 4 is 17.6 Å². The predicted octanol–water partition coefficient (Wildman–Crippen LogP) is 1.67. The zero-order valence-corrected chi connectivity index (χ0v) is 9.52. The molecule has 1 aromatic carbocycles. The van der Waals surface area contributed by atoms with Crippen molar-refractivity contribution < 1.29 is 9.21 Å². The summed E-state index contributed by atoms with van der Waals surface area (Å²) >= 11 is 0. The summed E-state index contributed by atoms with van der Waals surface area (Å²) in [5.41, 5.74) is 1.26. The van der Waals surface area contributed by atoms with Gasteiger partial charge in [-0.2, -0.15) is 0 Å². The van der Waals surface area contributed by atoms with Crippen LogP contribution in [0.25, 0.3) is 0 Å². The van der Waals surface area contributed by atoms with E-state index in [1.165, 1.54) is 0 Å². The van der Waals surface area contributed by atoms with Gasteiger partial charge in [-0.3, -0.25) is 10.1 Å². The first-order chi connectivity index (χ1) is 8.20. The van der Waals surface area contributed by atoms with E-state index in [1.54, 1.807) is 26.1 Å². The number of amides is 1. The molecule has 6 heteroatoms. The van der Waals surface area contributed by atoms with E-state index in [4.69, 9.17) is 4.42 Å². The molecule has 0 aliphatic heterocycles. The molecule has 0 fully saturated rings. The number of anilines is 2. The summed E-state index contributed by atoms with van der Waals surface area (Å²) in [4.78, 5) is 11.9. The van der Waals surface area contributed by atoms with Crippen LogP contribution in [0, 0.1) is 6.92 Å². The van der Waals surface area contributed by atoms with Gasteiger partial charge in [-0.05, 0) is 12.1 Å². The molecule has 2 N–H and O–H groups in total. The average molecular weight is 232 g/mol. The van der Waals surface area contributed by atoms with E-state index in [1.807, 2.05) is 12.1 Å². The number of rotatable bonds is 3. The van der Waals surface area contributed by atoms with Crippen molar-refractivity contribution in [1.82, 2.24) is 10.2 Å². The Bertz CT molecular complexity index is 536. The SMILES string of the molecule is CNc1ccccc1C(=O)Nc1nnc(C)o1. The van der Waals surface area contributed by atoms with Crippen molar-refractivity contribution in [2.24, 2.45) is 0 Å². The number of carbonyl (C=O) groups is 1. The summed E-state index contributed by atoms with van der Waals surface area (Å²) in [6.07, 6.45) is 0. The van der Waals surface area contributed by atoms with Gasteiger partial charge in [0.1, 0.15) is 0 Å². The Hall–Kier alpha value is -2.37. The maximum Gasteiger partial charge on any atom is 0.322 e. The van der Waals surface area contributed by atoms with Crippen molar-refractivity contribution in [2.75, 3.05) is 17.7 Å².